The van der Waals surface area contributed by atoms with Crippen LogP contribution in [0.5, 0.6) is 0 Å². The zero-order valence-electron chi connectivity index (χ0n) is 13.7. The molecule has 0 aliphatic carbocycles. The summed E-state index contributed by atoms with van der Waals surface area (Å²) in [5.41, 5.74) is 2.43. The molecular formula is C16H29BrN4. The second kappa shape index (κ2) is 8.30. The highest BCUT2D eigenvalue weighted by Crippen LogP contribution is 2.25. The Morgan fingerprint density at radius 2 is 2.00 bits per heavy atom. The predicted octanol–water partition coefficient (Wildman–Crippen LogP) is 3.19. The van der Waals surface area contributed by atoms with Crippen molar-refractivity contribution in [1.29, 1.82) is 0 Å². The molecule has 0 bridgehead atoms. The average molecular weight is 357 g/mol. The standard InChI is InChI=1S/C16H29BrN4/c1-4-8-18-11-14-6-9-20(10-7-14)12-15-16(17)13(3)19-21(15)5-2/h14,18H,4-12H2,1-3H3. The minimum absolute atomic E-state index is 0.856. The normalized spacial score (nSPS) is 17.5. The maximum Gasteiger partial charge on any atom is 0.0739 e. The van der Waals surface area contributed by atoms with Gasteiger partial charge in [-0.05, 0) is 81.1 Å². The van der Waals surface area contributed by atoms with Gasteiger partial charge in [-0.3, -0.25) is 9.58 Å². The minimum atomic E-state index is 0.856. The van der Waals surface area contributed by atoms with Crippen LogP contribution in [-0.4, -0.2) is 40.9 Å². The zero-order chi connectivity index (χ0) is 15.2. The maximum absolute atomic E-state index is 4.59. The summed E-state index contributed by atoms with van der Waals surface area (Å²) in [5.74, 6) is 0.856. The lowest BCUT2D eigenvalue weighted by atomic mass is 9.96. The Morgan fingerprint density at radius 1 is 1.29 bits per heavy atom. The Kier molecular flexibility index (Phi) is 6.71. The molecule has 0 radical (unpaired) electrons. The zero-order valence-corrected chi connectivity index (χ0v) is 15.2. The van der Waals surface area contributed by atoms with E-state index in [1.807, 2.05) is 0 Å². The molecule has 21 heavy (non-hydrogen) atoms. The van der Waals surface area contributed by atoms with Crippen LogP contribution in [0.4, 0.5) is 0 Å². The number of hydrogen-bond acceptors (Lipinski definition) is 3. The van der Waals surface area contributed by atoms with Crippen LogP contribution in [0.3, 0.4) is 0 Å². The first kappa shape index (κ1) is 17.0. The summed E-state index contributed by atoms with van der Waals surface area (Å²) in [6.45, 7) is 13.2. The van der Waals surface area contributed by atoms with Crippen LogP contribution in [0.1, 0.15) is 44.5 Å². The third-order valence-electron chi connectivity index (χ3n) is 4.39. The van der Waals surface area contributed by atoms with Crippen LogP contribution in [0.2, 0.25) is 0 Å². The molecule has 0 spiro atoms. The lowest BCUT2D eigenvalue weighted by Crippen LogP contribution is -2.37. The molecule has 1 fully saturated rings. The Labute approximate surface area is 137 Å². The first-order valence-corrected chi connectivity index (χ1v) is 9.09. The van der Waals surface area contributed by atoms with Crippen molar-refractivity contribution < 1.29 is 0 Å². The molecule has 0 amide bonds. The molecule has 0 aromatic carbocycles. The summed E-state index contributed by atoms with van der Waals surface area (Å²) < 4.78 is 3.32. The Morgan fingerprint density at radius 3 is 2.62 bits per heavy atom. The van der Waals surface area contributed by atoms with Crippen LogP contribution in [-0.2, 0) is 13.1 Å². The molecule has 0 unspecified atom stereocenters. The first-order valence-electron chi connectivity index (χ1n) is 8.30. The monoisotopic (exact) mass is 356 g/mol. The molecule has 4 nitrogen and oxygen atoms in total. The van der Waals surface area contributed by atoms with Gasteiger partial charge < -0.3 is 5.32 Å². The van der Waals surface area contributed by atoms with E-state index in [-0.39, 0.29) is 0 Å². The molecule has 1 aromatic rings. The van der Waals surface area contributed by atoms with Gasteiger partial charge in [0, 0.05) is 13.1 Å². The van der Waals surface area contributed by atoms with Gasteiger partial charge in [0.1, 0.15) is 0 Å². The second-order valence-electron chi connectivity index (χ2n) is 6.09. The molecule has 0 atom stereocenters. The minimum Gasteiger partial charge on any atom is -0.316 e. The van der Waals surface area contributed by atoms with Crippen molar-refractivity contribution in [1.82, 2.24) is 20.0 Å². The molecular weight excluding hydrogens is 328 g/mol. The fourth-order valence-corrected chi connectivity index (χ4v) is 3.47. The van der Waals surface area contributed by atoms with E-state index in [9.17, 15) is 0 Å². The molecule has 2 heterocycles. The Balaban J connectivity index is 1.83. The van der Waals surface area contributed by atoms with E-state index in [2.05, 4.69) is 56.7 Å². The van der Waals surface area contributed by atoms with E-state index in [1.54, 1.807) is 0 Å². The number of piperidine rings is 1. The summed E-state index contributed by atoms with van der Waals surface area (Å²) in [5, 5.41) is 8.15. The molecule has 1 N–H and O–H groups in total. The molecule has 1 aromatic heterocycles. The SMILES string of the molecule is CCCNCC1CCN(Cc2c(Br)c(C)nn2CC)CC1. The van der Waals surface area contributed by atoms with Gasteiger partial charge in [-0.15, -0.1) is 0 Å². The van der Waals surface area contributed by atoms with Gasteiger partial charge in [0.15, 0.2) is 0 Å². The molecule has 1 saturated heterocycles. The molecule has 5 heteroatoms. The van der Waals surface area contributed by atoms with Crippen molar-refractivity contribution in [3.8, 4) is 0 Å². The van der Waals surface area contributed by atoms with Crippen LogP contribution in [0.15, 0.2) is 4.47 Å². The van der Waals surface area contributed by atoms with E-state index in [0.29, 0.717) is 0 Å². The van der Waals surface area contributed by atoms with Gasteiger partial charge in [-0.1, -0.05) is 6.92 Å². The van der Waals surface area contributed by atoms with Crippen LogP contribution in [0.25, 0.3) is 0 Å². The molecule has 120 valence electrons. The summed E-state index contributed by atoms with van der Waals surface area (Å²) in [7, 11) is 0. The van der Waals surface area contributed by atoms with Gasteiger partial charge in [0.05, 0.1) is 15.9 Å². The third-order valence-corrected chi connectivity index (χ3v) is 5.42. The van der Waals surface area contributed by atoms with E-state index in [0.717, 1.165) is 31.2 Å². The lowest BCUT2D eigenvalue weighted by Gasteiger charge is -2.32. The average Bonchev–Trinajstić information content (AvgIpc) is 2.77. The van der Waals surface area contributed by atoms with Crippen molar-refractivity contribution in [3.05, 3.63) is 15.9 Å². The number of nitrogens with zero attached hydrogens (tertiary/aromatic N) is 3. The number of aromatic nitrogens is 2. The van der Waals surface area contributed by atoms with Crippen molar-refractivity contribution >= 4 is 15.9 Å². The fraction of sp³-hybridized carbons (Fsp3) is 0.812. The molecule has 0 saturated carbocycles. The van der Waals surface area contributed by atoms with E-state index >= 15 is 0 Å². The highest BCUT2D eigenvalue weighted by atomic mass is 79.9. The Hall–Kier alpha value is -0.390. The topological polar surface area (TPSA) is 33.1 Å². The summed E-state index contributed by atoms with van der Waals surface area (Å²) >= 11 is 3.70. The first-order chi connectivity index (χ1) is 10.2. The van der Waals surface area contributed by atoms with Gasteiger partial charge >= 0.3 is 0 Å². The van der Waals surface area contributed by atoms with Crippen molar-refractivity contribution in [2.24, 2.45) is 5.92 Å². The molecule has 2 rings (SSSR count). The number of rotatable bonds is 7. The second-order valence-corrected chi connectivity index (χ2v) is 6.88. The fourth-order valence-electron chi connectivity index (χ4n) is 3.06. The van der Waals surface area contributed by atoms with Crippen LogP contribution < -0.4 is 5.32 Å². The number of likely N-dealkylation sites (tertiary alicyclic amines) is 1. The summed E-state index contributed by atoms with van der Waals surface area (Å²) in [6, 6.07) is 0. The van der Waals surface area contributed by atoms with Crippen LogP contribution >= 0.6 is 15.9 Å². The van der Waals surface area contributed by atoms with Gasteiger partial charge in [-0.25, -0.2) is 0 Å². The van der Waals surface area contributed by atoms with Crippen molar-refractivity contribution in [2.45, 2.75) is 53.1 Å². The number of aryl methyl sites for hydroxylation is 2. The summed E-state index contributed by atoms with van der Waals surface area (Å²) in [4.78, 5) is 2.57. The third kappa shape index (κ3) is 4.54. The maximum atomic E-state index is 4.59. The predicted molar refractivity (Wildman–Crippen MR) is 91.5 cm³/mol. The smallest absolute Gasteiger partial charge is 0.0739 e. The quantitative estimate of drug-likeness (QED) is 0.761. The van der Waals surface area contributed by atoms with E-state index in [4.69, 9.17) is 0 Å². The Bertz CT molecular complexity index is 436. The molecule has 1 aliphatic rings. The number of halogens is 1. The van der Waals surface area contributed by atoms with E-state index < -0.39 is 0 Å². The van der Waals surface area contributed by atoms with Crippen molar-refractivity contribution in [3.63, 3.8) is 0 Å². The van der Waals surface area contributed by atoms with Crippen LogP contribution in [0, 0.1) is 12.8 Å². The number of hydrogen-bond donors (Lipinski definition) is 1. The van der Waals surface area contributed by atoms with E-state index in [1.165, 1.54) is 49.1 Å². The van der Waals surface area contributed by atoms with Gasteiger partial charge in [0.2, 0.25) is 0 Å². The summed E-state index contributed by atoms with van der Waals surface area (Å²) in [6.07, 6.45) is 3.86. The largest absolute Gasteiger partial charge is 0.316 e. The highest BCUT2D eigenvalue weighted by molar-refractivity contribution is 9.10. The van der Waals surface area contributed by atoms with Gasteiger partial charge in [0.25, 0.3) is 0 Å². The van der Waals surface area contributed by atoms with Crippen molar-refractivity contribution in [2.75, 3.05) is 26.2 Å². The van der Waals surface area contributed by atoms with Gasteiger partial charge in [-0.2, -0.15) is 5.10 Å². The highest BCUT2D eigenvalue weighted by Gasteiger charge is 2.21. The lowest BCUT2D eigenvalue weighted by molar-refractivity contribution is 0.171. The molecule has 1 aliphatic heterocycles. The number of nitrogens with one attached hydrogen (secondary N) is 1.